The standard InChI is InChI=1S/C19H21FN2O4S/c1-25-17-8-5-13(20)10-18(17)27(23,24)22-14-6-7-15(22)12-16(11-14)26-19-4-2-3-9-21-19/h2-5,8-10,14-16H,6-7,11-12H2,1H3. The van der Waals surface area contributed by atoms with Crippen molar-refractivity contribution in [1.82, 2.24) is 9.29 Å². The zero-order valence-electron chi connectivity index (χ0n) is 14.9. The number of piperidine rings is 1. The van der Waals surface area contributed by atoms with Crippen LogP contribution in [0.25, 0.3) is 0 Å². The average molecular weight is 392 g/mol. The van der Waals surface area contributed by atoms with Gasteiger partial charge in [-0.25, -0.2) is 17.8 Å². The Morgan fingerprint density at radius 2 is 1.89 bits per heavy atom. The molecule has 1 aromatic carbocycles. The molecule has 2 aromatic rings. The van der Waals surface area contributed by atoms with Crippen molar-refractivity contribution in [1.29, 1.82) is 0 Å². The van der Waals surface area contributed by atoms with Gasteiger partial charge in [-0.05, 0) is 37.1 Å². The highest BCUT2D eigenvalue weighted by Crippen LogP contribution is 2.42. The summed E-state index contributed by atoms with van der Waals surface area (Å²) in [6, 6.07) is 8.70. The first-order valence-electron chi connectivity index (χ1n) is 8.94. The molecule has 0 amide bonds. The molecule has 144 valence electrons. The number of sulfonamides is 1. The number of nitrogens with zero attached hydrogens (tertiary/aromatic N) is 2. The predicted octanol–water partition coefficient (Wildman–Crippen LogP) is 2.99. The summed E-state index contributed by atoms with van der Waals surface area (Å²) in [5, 5.41) is 0. The van der Waals surface area contributed by atoms with E-state index in [1.165, 1.54) is 23.5 Å². The Bertz CT molecular complexity index is 909. The summed E-state index contributed by atoms with van der Waals surface area (Å²) >= 11 is 0. The number of halogens is 1. The van der Waals surface area contributed by atoms with E-state index >= 15 is 0 Å². The molecule has 2 aliphatic rings. The largest absolute Gasteiger partial charge is 0.495 e. The molecule has 0 spiro atoms. The maximum atomic E-state index is 13.7. The Morgan fingerprint density at radius 3 is 2.52 bits per heavy atom. The van der Waals surface area contributed by atoms with E-state index in [1.54, 1.807) is 12.3 Å². The van der Waals surface area contributed by atoms with Gasteiger partial charge in [0.05, 0.1) is 7.11 Å². The smallest absolute Gasteiger partial charge is 0.247 e. The Balaban J connectivity index is 1.58. The van der Waals surface area contributed by atoms with Gasteiger partial charge >= 0.3 is 0 Å². The molecule has 0 saturated carbocycles. The van der Waals surface area contributed by atoms with Crippen molar-refractivity contribution >= 4 is 10.0 Å². The van der Waals surface area contributed by atoms with E-state index in [0.29, 0.717) is 18.7 Å². The Kier molecular flexibility index (Phi) is 4.77. The van der Waals surface area contributed by atoms with E-state index < -0.39 is 15.8 Å². The minimum Gasteiger partial charge on any atom is -0.495 e. The second-order valence-electron chi connectivity index (χ2n) is 6.89. The van der Waals surface area contributed by atoms with Crippen LogP contribution in [0.15, 0.2) is 47.5 Å². The zero-order valence-corrected chi connectivity index (χ0v) is 15.7. The van der Waals surface area contributed by atoms with Crippen LogP contribution >= 0.6 is 0 Å². The van der Waals surface area contributed by atoms with Crippen LogP contribution in [-0.2, 0) is 10.0 Å². The molecule has 6 nitrogen and oxygen atoms in total. The fourth-order valence-corrected chi connectivity index (χ4v) is 6.19. The van der Waals surface area contributed by atoms with Gasteiger partial charge in [0.1, 0.15) is 22.6 Å². The van der Waals surface area contributed by atoms with E-state index in [-0.39, 0.29) is 28.8 Å². The van der Waals surface area contributed by atoms with Gasteiger partial charge in [0, 0.05) is 37.2 Å². The van der Waals surface area contributed by atoms with Crippen LogP contribution in [-0.4, -0.2) is 43.0 Å². The van der Waals surface area contributed by atoms with Crippen molar-refractivity contribution in [2.75, 3.05) is 7.11 Å². The normalized spacial score (nSPS) is 25.3. The van der Waals surface area contributed by atoms with Crippen molar-refractivity contribution in [2.24, 2.45) is 0 Å². The molecule has 27 heavy (non-hydrogen) atoms. The van der Waals surface area contributed by atoms with Gasteiger partial charge in [0.2, 0.25) is 15.9 Å². The van der Waals surface area contributed by atoms with Crippen LogP contribution in [0.5, 0.6) is 11.6 Å². The van der Waals surface area contributed by atoms with E-state index in [4.69, 9.17) is 9.47 Å². The number of hydrogen-bond acceptors (Lipinski definition) is 5. The van der Waals surface area contributed by atoms with Crippen LogP contribution in [0.4, 0.5) is 4.39 Å². The zero-order chi connectivity index (χ0) is 19.0. The fraction of sp³-hybridized carbons (Fsp3) is 0.421. The van der Waals surface area contributed by atoms with Crippen LogP contribution in [0.3, 0.4) is 0 Å². The summed E-state index contributed by atoms with van der Waals surface area (Å²) in [6.07, 6.45) is 4.29. The summed E-state index contributed by atoms with van der Waals surface area (Å²) < 4.78 is 52.9. The molecule has 4 rings (SSSR count). The third-order valence-electron chi connectivity index (χ3n) is 5.23. The highest BCUT2D eigenvalue weighted by Gasteiger charge is 2.48. The van der Waals surface area contributed by atoms with E-state index in [9.17, 15) is 12.8 Å². The maximum absolute atomic E-state index is 13.7. The highest BCUT2D eigenvalue weighted by molar-refractivity contribution is 7.89. The first kappa shape index (κ1) is 18.2. The lowest BCUT2D eigenvalue weighted by Gasteiger charge is -2.37. The lowest BCUT2D eigenvalue weighted by atomic mass is 10.0. The van der Waals surface area contributed by atoms with Crippen molar-refractivity contribution in [3.05, 3.63) is 48.4 Å². The molecule has 1 aromatic heterocycles. The average Bonchev–Trinajstić information content (AvgIpc) is 2.95. The molecular weight excluding hydrogens is 371 g/mol. The summed E-state index contributed by atoms with van der Waals surface area (Å²) in [5.41, 5.74) is 0. The molecule has 0 N–H and O–H groups in total. The number of aromatic nitrogens is 1. The number of hydrogen-bond donors (Lipinski definition) is 0. The summed E-state index contributed by atoms with van der Waals surface area (Å²) in [4.78, 5) is 4.06. The predicted molar refractivity (Wildman–Crippen MR) is 96.7 cm³/mol. The Hall–Kier alpha value is -2.19. The second-order valence-corrected chi connectivity index (χ2v) is 8.71. The monoisotopic (exact) mass is 392 g/mol. The van der Waals surface area contributed by atoms with E-state index in [1.807, 2.05) is 12.1 Å². The number of fused-ring (bicyclic) bond motifs is 2. The SMILES string of the molecule is COc1ccc(F)cc1S(=O)(=O)N1C2CCC1CC(Oc1ccccn1)C2. The second kappa shape index (κ2) is 7.09. The van der Waals surface area contributed by atoms with Crippen LogP contribution < -0.4 is 9.47 Å². The number of methoxy groups -OCH3 is 1. The van der Waals surface area contributed by atoms with E-state index in [2.05, 4.69) is 4.98 Å². The number of rotatable bonds is 5. The number of ether oxygens (including phenoxy) is 2. The molecule has 2 aliphatic heterocycles. The molecule has 2 unspecified atom stereocenters. The van der Waals surface area contributed by atoms with Crippen molar-refractivity contribution < 1.29 is 22.3 Å². The molecule has 0 radical (unpaired) electrons. The quantitative estimate of drug-likeness (QED) is 0.783. The van der Waals surface area contributed by atoms with Gasteiger partial charge in [-0.15, -0.1) is 0 Å². The Labute approximate surface area is 158 Å². The first-order valence-corrected chi connectivity index (χ1v) is 10.4. The Morgan fingerprint density at radius 1 is 1.15 bits per heavy atom. The van der Waals surface area contributed by atoms with Crippen LogP contribution in [0.2, 0.25) is 0 Å². The molecule has 2 fully saturated rings. The van der Waals surface area contributed by atoms with Gasteiger partial charge in [0.25, 0.3) is 0 Å². The minimum atomic E-state index is -3.86. The highest BCUT2D eigenvalue weighted by atomic mass is 32.2. The molecular formula is C19H21FN2O4S. The van der Waals surface area contributed by atoms with Crippen molar-refractivity contribution in [3.8, 4) is 11.6 Å². The van der Waals surface area contributed by atoms with Gasteiger partial charge in [-0.3, -0.25) is 0 Å². The molecule has 3 heterocycles. The van der Waals surface area contributed by atoms with Crippen molar-refractivity contribution in [3.63, 3.8) is 0 Å². The van der Waals surface area contributed by atoms with Gasteiger partial charge in [-0.2, -0.15) is 4.31 Å². The van der Waals surface area contributed by atoms with Crippen molar-refractivity contribution in [2.45, 2.75) is 48.8 Å². The molecule has 8 heteroatoms. The van der Waals surface area contributed by atoms with Crippen LogP contribution in [0, 0.1) is 5.82 Å². The van der Waals surface area contributed by atoms with Gasteiger partial charge < -0.3 is 9.47 Å². The maximum Gasteiger partial charge on any atom is 0.247 e. The molecule has 2 bridgehead atoms. The summed E-state index contributed by atoms with van der Waals surface area (Å²) in [5.74, 6) is 0.0998. The third-order valence-corrected chi connectivity index (χ3v) is 7.26. The molecule has 0 aliphatic carbocycles. The lowest BCUT2D eigenvalue weighted by Crippen LogP contribution is -2.49. The minimum absolute atomic E-state index is 0.0849. The number of pyridine rings is 1. The molecule has 2 saturated heterocycles. The summed E-state index contributed by atoms with van der Waals surface area (Å²) in [7, 11) is -2.48. The first-order chi connectivity index (χ1) is 13.0. The van der Waals surface area contributed by atoms with Gasteiger partial charge in [0.15, 0.2) is 0 Å². The molecule has 2 atom stereocenters. The third kappa shape index (κ3) is 3.39. The lowest BCUT2D eigenvalue weighted by molar-refractivity contribution is 0.0917. The van der Waals surface area contributed by atoms with Crippen LogP contribution in [0.1, 0.15) is 25.7 Å². The summed E-state index contributed by atoms with van der Waals surface area (Å²) in [6.45, 7) is 0. The van der Waals surface area contributed by atoms with E-state index in [0.717, 1.165) is 18.9 Å². The van der Waals surface area contributed by atoms with Gasteiger partial charge in [-0.1, -0.05) is 6.07 Å². The topological polar surface area (TPSA) is 68.7 Å². The number of benzene rings is 1. The fourth-order valence-electron chi connectivity index (χ4n) is 4.13.